The van der Waals surface area contributed by atoms with E-state index in [4.69, 9.17) is 0 Å². The Morgan fingerprint density at radius 2 is 1.04 bits per heavy atom. The van der Waals surface area contributed by atoms with Crippen LogP contribution in [0.1, 0.15) is 110 Å². The van der Waals surface area contributed by atoms with E-state index >= 15 is 0 Å². The Hall–Kier alpha value is -0.810. The van der Waals surface area contributed by atoms with E-state index in [2.05, 4.69) is 11.7 Å². The van der Waals surface area contributed by atoms with Crippen molar-refractivity contribution < 1.29 is 27.1 Å². The molecule has 0 saturated carbocycles. The summed E-state index contributed by atoms with van der Waals surface area (Å²) in [6.07, 6.45) is 10.4. The highest BCUT2D eigenvalue weighted by Crippen LogP contribution is 2.24. The monoisotopic (exact) mass is 398 g/mol. The molecule has 0 fully saturated rings. The zero-order valence-corrected chi connectivity index (χ0v) is 16.9. The first kappa shape index (κ1) is 26.2. The summed E-state index contributed by atoms with van der Waals surface area (Å²) in [6.45, 7) is 2.09. The number of alkyl halides is 4. The van der Waals surface area contributed by atoms with Crippen LogP contribution in [0.4, 0.5) is 17.6 Å². The van der Waals surface area contributed by atoms with Crippen LogP contribution in [0.25, 0.3) is 0 Å². The third kappa shape index (κ3) is 17.0. The number of carbonyl (C=O) groups is 1. The van der Waals surface area contributed by atoms with Crippen molar-refractivity contribution in [1.82, 2.24) is 0 Å². The molecule has 0 aliphatic rings. The van der Waals surface area contributed by atoms with Gasteiger partial charge in [-0.1, -0.05) is 103 Å². The van der Waals surface area contributed by atoms with Crippen molar-refractivity contribution in [2.45, 2.75) is 122 Å². The number of hydrogen-bond donors (Lipinski definition) is 0. The molecule has 0 aromatic rings. The first-order chi connectivity index (χ1) is 12.9. The van der Waals surface area contributed by atoms with Crippen LogP contribution in [0, 0.1) is 0 Å². The van der Waals surface area contributed by atoms with E-state index in [1.807, 2.05) is 0 Å². The van der Waals surface area contributed by atoms with Crippen LogP contribution >= 0.6 is 0 Å². The average Bonchev–Trinajstić information content (AvgIpc) is 2.62. The van der Waals surface area contributed by atoms with Gasteiger partial charge in [-0.25, -0.2) is 9.18 Å². The topological polar surface area (TPSA) is 26.3 Å². The Labute approximate surface area is 162 Å². The van der Waals surface area contributed by atoms with Crippen molar-refractivity contribution in [2.75, 3.05) is 6.61 Å². The second-order valence-corrected chi connectivity index (χ2v) is 7.37. The lowest BCUT2D eigenvalue weighted by Crippen LogP contribution is -2.34. The Balaban J connectivity index is 3.22. The molecule has 1 atom stereocenters. The largest absolute Gasteiger partial charge is 0.463 e. The predicted octanol–water partition coefficient (Wildman–Crippen LogP) is 7.69. The molecule has 0 radical (unpaired) electrons. The Morgan fingerprint density at radius 3 is 1.37 bits per heavy atom. The summed E-state index contributed by atoms with van der Waals surface area (Å²) in [7, 11) is 0. The second kappa shape index (κ2) is 17.3. The Bertz CT molecular complexity index is 346. The number of esters is 1. The molecule has 6 heteroatoms. The van der Waals surface area contributed by atoms with E-state index in [0.29, 0.717) is 6.42 Å². The van der Waals surface area contributed by atoms with Gasteiger partial charge in [0.05, 0.1) is 6.61 Å². The fourth-order valence-corrected chi connectivity index (χ4v) is 3.03. The fourth-order valence-electron chi connectivity index (χ4n) is 3.03. The maximum absolute atomic E-state index is 12.6. The van der Waals surface area contributed by atoms with Gasteiger partial charge in [0.15, 0.2) is 0 Å². The highest BCUT2D eigenvalue weighted by atomic mass is 19.4. The highest BCUT2D eigenvalue weighted by Gasteiger charge is 2.46. The summed E-state index contributed by atoms with van der Waals surface area (Å²) in [5, 5.41) is 0. The fraction of sp³-hybridized carbons (Fsp3) is 0.952. The molecule has 0 bridgehead atoms. The van der Waals surface area contributed by atoms with Gasteiger partial charge >= 0.3 is 12.1 Å². The van der Waals surface area contributed by atoms with Crippen LogP contribution in [-0.4, -0.2) is 24.9 Å². The first-order valence-electron chi connectivity index (χ1n) is 10.8. The van der Waals surface area contributed by atoms with Crippen LogP contribution < -0.4 is 0 Å². The molecule has 0 aromatic carbocycles. The molecule has 27 heavy (non-hydrogen) atoms. The van der Waals surface area contributed by atoms with Crippen molar-refractivity contribution in [2.24, 2.45) is 0 Å². The number of carbonyl (C=O) groups excluding carboxylic acids is 1. The lowest BCUT2D eigenvalue weighted by Gasteiger charge is -2.11. The molecule has 0 N–H and O–H groups in total. The number of unbranched alkanes of at least 4 members (excludes halogenated alkanes) is 15. The molecular weight excluding hydrogens is 360 g/mol. The molecular formula is C21H38F4O2. The zero-order chi connectivity index (χ0) is 20.4. The van der Waals surface area contributed by atoms with E-state index in [-0.39, 0.29) is 6.61 Å². The molecule has 1 unspecified atom stereocenters. The van der Waals surface area contributed by atoms with Gasteiger partial charge in [0.2, 0.25) is 0 Å². The van der Waals surface area contributed by atoms with E-state index in [1.54, 1.807) is 0 Å². The van der Waals surface area contributed by atoms with Crippen LogP contribution in [-0.2, 0) is 9.53 Å². The summed E-state index contributed by atoms with van der Waals surface area (Å²) in [6, 6.07) is 0. The summed E-state index contributed by atoms with van der Waals surface area (Å²) in [5.41, 5.74) is 0. The molecule has 0 aromatic heterocycles. The summed E-state index contributed by atoms with van der Waals surface area (Å²) in [5.74, 6) is -1.83. The van der Waals surface area contributed by atoms with Gasteiger partial charge in [0, 0.05) is 0 Å². The minimum atomic E-state index is -5.17. The Morgan fingerprint density at radius 1 is 0.704 bits per heavy atom. The van der Waals surface area contributed by atoms with E-state index in [0.717, 1.165) is 25.7 Å². The minimum Gasteiger partial charge on any atom is -0.463 e. The molecule has 0 heterocycles. The van der Waals surface area contributed by atoms with Crippen LogP contribution in [0.2, 0.25) is 0 Å². The lowest BCUT2D eigenvalue weighted by molar-refractivity contribution is -0.201. The molecule has 0 rings (SSSR count). The van der Waals surface area contributed by atoms with E-state index in [9.17, 15) is 22.4 Å². The van der Waals surface area contributed by atoms with Gasteiger partial charge in [0.1, 0.15) is 0 Å². The SMILES string of the molecule is CCCCCCCCCCCCCCCCCCOC(=O)C(F)C(F)(F)F. The van der Waals surface area contributed by atoms with Crippen molar-refractivity contribution in [3.05, 3.63) is 0 Å². The van der Waals surface area contributed by atoms with E-state index < -0.39 is 18.3 Å². The molecule has 0 aliphatic carbocycles. The standard InChI is InChI=1S/C21H38F4O2/c1-2-3-4-5-6-7-8-9-10-11-12-13-14-15-16-17-18-27-20(26)19(22)21(23,24)25/h19H,2-18H2,1H3. The van der Waals surface area contributed by atoms with Crippen molar-refractivity contribution >= 4 is 5.97 Å². The summed E-state index contributed by atoms with van der Waals surface area (Å²) >= 11 is 0. The van der Waals surface area contributed by atoms with Gasteiger partial charge in [-0.3, -0.25) is 0 Å². The minimum absolute atomic E-state index is 0.145. The third-order valence-corrected chi connectivity index (χ3v) is 4.74. The van der Waals surface area contributed by atoms with Crippen LogP contribution in [0.15, 0.2) is 0 Å². The molecule has 0 amide bonds. The molecule has 0 spiro atoms. The van der Waals surface area contributed by atoms with Crippen molar-refractivity contribution in [3.8, 4) is 0 Å². The van der Waals surface area contributed by atoms with Crippen molar-refractivity contribution in [3.63, 3.8) is 0 Å². The maximum atomic E-state index is 12.6. The van der Waals surface area contributed by atoms with Crippen molar-refractivity contribution in [1.29, 1.82) is 0 Å². The molecule has 0 saturated heterocycles. The number of halogens is 4. The zero-order valence-electron chi connectivity index (χ0n) is 16.9. The normalized spacial score (nSPS) is 12.9. The smallest absolute Gasteiger partial charge is 0.430 e. The van der Waals surface area contributed by atoms with Gasteiger partial charge in [-0.2, -0.15) is 13.2 Å². The number of ether oxygens (including phenoxy) is 1. The number of hydrogen-bond acceptors (Lipinski definition) is 2. The summed E-state index contributed by atoms with van der Waals surface area (Å²) < 4.78 is 52.8. The maximum Gasteiger partial charge on any atom is 0.430 e. The van der Waals surface area contributed by atoms with Crippen LogP contribution in [0.5, 0.6) is 0 Å². The average molecular weight is 399 g/mol. The van der Waals surface area contributed by atoms with Gasteiger partial charge in [-0.05, 0) is 6.42 Å². The lowest BCUT2D eigenvalue weighted by atomic mass is 10.0. The first-order valence-corrected chi connectivity index (χ1v) is 10.8. The number of rotatable bonds is 18. The Kier molecular flexibility index (Phi) is 16.8. The molecule has 0 aliphatic heterocycles. The third-order valence-electron chi connectivity index (χ3n) is 4.74. The van der Waals surface area contributed by atoms with Gasteiger partial charge in [-0.15, -0.1) is 0 Å². The van der Waals surface area contributed by atoms with E-state index in [1.165, 1.54) is 70.6 Å². The predicted molar refractivity (Wildman–Crippen MR) is 101 cm³/mol. The molecule has 2 nitrogen and oxygen atoms in total. The quantitative estimate of drug-likeness (QED) is 0.134. The molecule has 162 valence electrons. The highest BCUT2D eigenvalue weighted by molar-refractivity contribution is 5.75. The van der Waals surface area contributed by atoms with Crippen LogP contribution in [0.3, 0.4) is 0 Å². The van der Waals surface area contributed by atoms with Gasteiger partial charge < -0.3 is 4.74 Å². The van der Waals surface area contributed by atoms with Gasteiger partial charge in [0.25, 0.3) is 6.17 Å². The summed E-state index contributed by atoms with van der Waals surface area (Å²) in [4.78, 5) is 10.8. The second-order valence-electron chi connectivity index (χ2n) is 7.37.